The van der Waals surface area contributed by atoms with Crippen LogP contribution in [-0.4, -0.2) is 18.6 Å². The van der Waals surface area contributed by atoms with E-state index in [1.807, 2.05) is 6.07 Å². The molecule has 0 aromatic heterocycles. The molecular weight excluding hydrogens is 325 g/mol. The molecule has 2 aromatic rings. The van der Waals surface area contributed by atoms with Gasteiger partial charge >= 0.3 is 6.36 Å². The van der Waals surface area contributed by atoms with E-state index in [0.29, 0.717) is 5.56 Å². The van der Waals surface area contributed by atoms with Gasteiger partial charge in [0.2, 0.25) is 0 Å². The molecule has 0 aliphatic rings. The number of ether oxygens (including phenoxy) is 2. The third-order valence-corrected chi connectivity index (χ3v) is 3.26. The minimum Gasteiger partial charge on any atom is -0.504 e. The predicted octanol–water partition coefficient (Wildman–Crippen LogP) is 3.22. The van der Waals surface area contributed by atoms with Crippen LogP contribution in [0, 0.1) is 11.3 Å². The summed E-state index contributed by atoms with van der Waals surface area (Å²) in [6.45, 7) is 0. The lowest BCUT2D eigenvalue weighted by molar-refractivity contribution is -0.274. The second-order valence-electron chi connectivity index (χ2n) is 4.82. The Morgan fingerprint density at radius 3 is 2.33 bits per heavy atom. The molecule has 0 bridgehead atoms. The molecule has 5 nitrogen and oxygen atoms in total. The van der Waals surface area contributed by atoms with Gasteiger partial charge in [0.15, 0.2) is 11.5 Å². The lowest BCUT2D eigenvalue weighted by Crippen LogP contribution is -2.17. The van der Waals surface area contributed by atoms with Gasteiger partial charge in [-0.1, -0.05) is 12.1 Å². The Kier molecular flexibility index (Phi) is 4.85. The number of halogens is 3. The van der Waals surface area contributed by atoms with Crippen molar-refractivity contribution in [3.05, 3.63) is 53.1 Å². The average Bonchev–Trinajstić information content (AvgIpc) is 2.53. The Morgan fingerprint density at radius 2 is 1.83 bits per heavy atom. The van der Waals surface area contributed by atoms with Crippen molar-refractivity contribution in [1.29, 1.82) is 5.26 Å². The summed E-state index contributed by atoms with van der Waals surface area (Å²) in [5, 5.41) is 19.2. The molecule has 0 spiro atoms. The summed E-state index contributed by atoms with van der Waals surface area (Å²) in [5.74, 6) is -0.540. The molecule has 126 valence electrons. The molecule has 0 saturated carbocycles. The van der Waals surface area contributed by atoms with Crippen molar-refractivity contribution >= 4 is 0 Å². The lowest BCUT2D eigenvalue weighted by Gasteiger charge is -2.17. The third-order valence-electron chi connectivity index (χ3n) is 3.26. The zero-order valence-electron chi connectivity index (χ0n) is 12.5. The standard InChI is InChI=1S/C16H13F3N2O3/c1-23-13-7-9(8-20)6-12(15(13)22)14(21)10-2-4-11(5-3-10)24-16(17,18)19/h2-7,14,22H,21H2,1H3/t14-/m1/s1. The molecule has 0 saturated heterocycles. The van der Waals surface area contributed by atoms with Crippen LogP contribution in [-0.2, 0) is 0 Å². The highest BCUT2D eigenvalue weighted by molar-refractivity contribution is 5.54. The Balaban J connectivity index is 2.35. The van der Waals surface area contributed by atoms with E-state index in [-0.39, 0.29) is 28.4 Å². The number of nitriles is 1. The number of phenolic OH excluding ortho intramolecular Hbond substituents is 1. The van der Waals surface area contributed by atoms with E-state index in [0.717, 1.165) is 12.1 Å². The fourth-order valence-corrected chi connectivity index (χ4v) is 2.14. The first-order chi connectivity index (χ1) is 11.2. The van der Waals surface area contributed by atoms with Gasteiger partial charge < -0.3 is 20.3 Å². The number of phenols is 1. The monoisotopic (exact) mass is 338 g/mol. The van der Waals surface area contributed by atoms with Crippen LogP contribution in [0.3, 0.4) is 0 Å². The topological polar surface area (TPSA) is 88.5 Å². The molecule has 0 unspecified atom stereocenters. The quantitative estimate of drug-likeness (QED) is 0.893. The Bertz CT molecular complexity index is 768. The van der Waals surface area contributed by atoms with Gasteiger partial charge in [0.05, 0.1) is 24.8 Å². The first kappa shape index (κ1) is 17.4. The van der Waals surface area contributed by atoms with Crippen LogP contribution < -0.4 is 15.2 Å². The average molecular weight is 338 g/mol. The summed E-state index contributed by atoms with van der Waals surface area (Å²) in [6, 6.07) is 8.72. The summed E-state index contributed by atoms with van der Waals surface area (Å²) < 4.78 is 45.3. The maximum absolute atomic E-state index is 12.2. The van der Waals surface area contributed by atoms with Crippen molar-refractivity contribution < 1.29 is 27.8 Å². The van der Waals surface area contributed by atoms with E-state index < -0.39 is 12.4 Å². The number of nitrogens with two attached hydrogens (primary N) is 1. The number of alkyl halides is 3. The lowest BCUT2D eigenvalue weighted by atomic mass is 9.96. The summed E-state index contributed by atoms with van der Waals surface area (Å²) in [4.78, 5) is 0. The summed E-state index contributed by atoms with van der Waals surface area (Å²) in [5.41, 5.74) is 6.93. The van der Waals surface area contributed by atoms with E-state index >= 15 is 0 Å². The first-order valence-electron chi connectivity index (χ1n) is 6.67. The van der Waals surface area contributed by atoms with Crippen LogP contribution in [0.4, 0.5) is 13.2 Å². The molecule has 24 heavy (non-hydrogen) atoms. The van der Waals surface area contributed by atoms with Gasteiger partial charge in [0.25, 0.3) is 0 Å². The molecule has 2 aromatic carbocycles. The number of aromatic hydroxyl groups is 1. The number of hydrogen-bond donors (Lipinski definition) is 2. The molecule has 0 aliphatic carbocycles. The van der Waals surface area contributed by atoms with Gasteiger partial charge in [0, 0.05) is 11.6 Å². The summed E-state index contributed by atoms with van der Waals surface area (Å²) in [6.07, 6.45) is -4.78. The number of rotatable bonds is 4. The molecular formula is C16H13F3N2O3. The summed E-state index contributed by atoms with van der Waals surface area (Å²) in [7, 11) is 1.33. The number of benzene rings is 2. The Morgan fingerprint density at radius 1 is 1.21 bits per heavy atom. The van der Waals surface area contributed by atoms with Gasteiger partial charge in [-0.05, 0) is 23.8 Å². The van der Waals surface area contributed by atoms with E-state index in [2.05, 4.69) is 4.74 Å². The van der Waals surface area contributed by atoms with E-state index in [1.165, 1.54) is 31.4 Å². The second kappa shape index (κ2) is 6.68. The largest absolute Gasteiger partial charge is 0.573 e. The molecule has 2 rings (SSSR count). The van der Waals surface area contributed by atoms with Crippen molar-refractivity contribution in [3.63, 3.8) is 0 Å². The Labute approximate surface area is 135 Å². The molecule has 3 N–H and O–H groups in total. The van der Waals surface area contributed by atoms with Crippen LogP contribution in [0.1, 0.15) is 22.7 Å². The van der Waals surface area contributed by atoms with Gasteiger partial charge in [-0.3, -0.25) is 0 Å². The van der Waals surface area contributed by atoms with Crippen LogP contribution in [0.25, 0.3) is 0 Å². The maximum Gasteiger partial charge on any atom is 0.573 e. The van der Waals surface area contributed by atoms with Crippen LogP contribution >= 0.6 is 0 Å². The van der Waals surface area contributed by atoms with Crippen molar-refractivity contribution in [2.24, 2.45) is 5.73 Å². The van der Waals surface area contributed by atoms with Crippen LogP contribution in [0.15, 0.2) is 36.4 Å². The minimum atomic E-state index is -4.78. The van der Waals surface area contributed by atoms with E-state index in [4.69, 9.17) is 15.7 Å². The van der Waals surface area contributed by atoms with Crippen LogP contribution in [0.5, 0.6) is 17.2 Å². The van der Waals surface area contributed by atoms with E-state index in [9.17, 15) is 18.3 Å². The SMILES string of the molecule is COc1cc(C#N)cc([C@H](N)c2ccc(OC(F)(F)F)cc2)c1O. The molecule has 0 amide bonds. The normalized spacial score (nSPS) is 12.3. The molecule has 8 heteroatoms. The molecule has 1 atom stereocenters. The van der Waals surface area contributed by atoms with Crippen molar-refractivity contribution in [1.82, 2.24) is 0 Å². The number of nitrogens with zero attached hydrogens (tertiary/aromatic N) is 1. The van der Waals surface area contributed by atoms with Crippen LogP contribution in [0.2, 0.25) is 0 Å². The predicted molar refractivity (Wildman–Crippen MR) is 78.5 cm³/mol. The van der Waals surface area contributed by atoms with Gasteiger partial charge in [0.1, 0.15) is 5.75 Å². The highest BCUT2D eigenvalue weighted by Gasteiger charge is 2.31. The third kappa shape index (κ3) is 3.88. The first-order valence-corrected chi connectivity index (χ1v) is 6.67. The molecule has 0 aliphatic heterocycles. The second-order valence-corrected chi connectivity index (χ2v) is 4.82. The highest BCUT2D eigenvalue weighted by atomic mass is 19.4. The van der Waals surface area contributed by atoms with Crippen molar-refractivity contribution in [2.45, 2.75) is 12.4 Å². The smallest absolute Gasteiger partial charge is 0.504 e. The molecule has 0 heterocycles. The van der Waals surface area contributed by atoms with Gasteiger partial charge in [-0.2, -0.15) is 5.26 Å². The fraction of sp³-hybridized carbons (Fsp3) is 0.188. The molecule has 0 radical (unpaired) electrons. The zero-order chi connectivity index (χ0) is 17.9. The fourth-order valence-electron chi connectivity index (χ4n) is 2.14. The van der Waals surface area contributed by atoms with Gasteiger partial charge in [-0.25, -0.2) is 0 Å². The van der Waals surface area contributed by atoms with Gasteiger partial charge in [-0.15, -0.1) is 13.2 Å². The summed E-state index contributed by atoms with van der Waals surface area (Å²) >= 11 is 0. The molecule has 0 fully saturated rings. The number of hydrogen-bond acceptors (Lipinski definition) is 5. The highest BCUT2D eigenvalue weighted by Crippen LogP contribution is 2.37. The van der Waals surface area contributed by atoms with Crippen molar-refractivity contribution in [3.8, 4) is 23.3 Å². The zero-order valence-corrected chi connectivity index (χ0v) is 12.5. The van der Waals surface area contributed by atoms with E-state index in [1.54, 1.807) is 0 Å². The Hall–Kier alpha value is -2.92. The maximum atomic E-state index is 12.2. The van der Waals surface area contributed by atoms with Crippen molar-refractivity contribution in [2.75, 3.05) is 7.11 Å². The minimum absolute atomic E-state index is 0.0801. The number of methoxy groups -OCH3 is 1.